The molecule has 0 aromatic rings. The summed E-state index contributed by atoms with van der Waals surface area (Å²) < 4.78 is 0. The van der Waals surface area contributed by atoms with Crippen LogP contribution < -0.4 is 11.1 Å². The van der Waals surface area contributed by atoms with Gasteiger partial charge in [0, 0.05) is 5.75 Å². The van der Waals surface area contributed by atoms with Crippen LogP contribution in [0.2, 0.25) is 0 Å². The Labute approximate surface area is 69.9 Å². The van der Waals surface area contributed by atoms with E-state index < -0.39 is 6.04 Å². The molecular formula is C6H12N2O2S. The predicted molar refractivity (Wildman–Crippen MR) is 45.4 cm³/mol. The number of hydrogen-bond acceptors (Lipinski definition) is 4. The number of hydrogen-bond donors (Lipinski definition) is 2. The number of carbonyl (C=O) groups is 2. The second-order valence-corrected chi connectivity index (χ2v) is 2.88. The van der Waals surface area contributed by atoms with Crippen molar-refractivity contribution in [2.45, 2.75) is 6.04 Å². The fourth-order valence-corrected chi connectivity index (χ4v) is 1.08. The number of nitrogens with two attached hydrogens (primary N) is 1. The van der Waals surface area contributed by atoms with Crippen molar-refractivity contribution in [3.63, 3.8) is 0 Å². The van der Waals surface area contributed by atoms with Crippen LogP contribution >= 0.6 is 11.8 Å². The van der Waals surface area contributed by atoms with Gasteiger partial charge in [-0.25, -0.2) is 0 Å². The topological polar surface area (TPSA) is 72.2 Å². The van der Waals surface area contributed by atoms with Gasteiger partial charge < -0.3 is 15.8 Å². The maximum absolute atomic E-state index is 10.7. The fraction of sp³-hybridized carbons (Fsp3) is 0.667. The van der Waals surface area contributed by atoms with Gasteiger partial charge in [-0.3, -0.25) is 4.79 Å². The van der Waals surface area contributed by atoms with Crippen LogP contribution in [-0.4, -0.2) is 36.8 Å². The van der Waals surface area contributed by atoms with E-state index in [2.05, 4.69) is 5.32 Å². The first-order valence-corrected chi connectivity index (χ1v) is 4.57. The summed E-state index contributed by atoms with van der Waals surface area (Å²) in [5, 5.41) is 2.46. The van der Waals surface area contributed by atoms with E-state index in [1.165, 1.54) is 11.8 Å². The van der Waals surface area contributed by atoms with E-state index in [0.29, 0.717) is 12.0 Å². The quantitative estimate of drug-likeness (QED) is 0.527. The number of thioether (sulfide) groups is 1. The molecule has 0 radical (unpaired) electrons. The molecule has 0 aliphatic rings. The molecule has 3 N–H and O–H groups in total. The molecule has 0 saturated heterocycles. The summed E-state index contributed by atoms with van der Waals surface area (Å²) in [4.78, 5) is 20.9. The number of nitrogens with one attached hydrogen (secondary N) is 1. The van der Waals surface area contributed by atoms with E-state index in [0.717, 1.165) is 0 Å². The molecule has 0 aliphatic carbocycles. The normalized spacial score (nSPS) is 12.2. The van der Waals surface area contributed by atoms with E-state index in [1.807, 2.05) is 6.26 Å². The Kier molecular flexibility index (Phi) is 5.87. The highest BCUT2D eigenvalue weighted by atomic mass is 32.2. The summed E-state index contributed by atoms with van der Waals surface area (Å²) in [5.41, 5.74) is 5.04. The molecule has 1 amide bonds. The maximum atomic E-state index is 10.7. The molecule has 0 bridgehead atoms. The summed E-state index contributed by atoms with van der Waals surface area (Å²) >= 11 is 1.50. The molecule has 0 saturated carbocycles. The number of amides is 1. The molecule has 64 valence electrons. The first-order chi connectivity index (χ1) is 5.24. The molecule has 5 heteroatoms. The lowest BCUT2D eigenvalue weighted by Crippen LogP contribution is -2.41. The molecule has 4 nitrogen and oxygen atoms in total. The summed E-state index contributed by atoms with van der Waals surface area (Å²) in [6.45, 7) is -0.0707. The molecule has 1 unspecified atom stereocenters. The van der Waals surface area contributed by atoms with Gasteiger partial charge in [0.15, 0.2) is 0 Å². The van der Waals surface area contributed by atoms with Crippen molar-refractivity contribution >= 4 is 24.0 Å². The zero-order valence-electron chi connectivity index (χ0n) is 6.37. The van der Waals surface area contributed by atoms with Crippen LogP contribution in [0.5, 0.6) is 0 Å². The smallest absolute Gasteiger partial charge is 0.234 e. The van der Waals surface area contributed by atoms with Gasteiger partial charge in [0.2, 0.25) is 5.91 Å². The van der Waals surface area contributed by atoms with E-state index >= 15 is 0 Å². The average Bonchev–Trinajstić information content (AvgIpc) is 2.03. The lowest BCUT2D eigenvalue weighted by Gasteiger charge is -2.09. The van der Waals surface area contributed by atoms with Crippen LogP contribution in [0.15, 0.2) is 0 Å². The molecule has 0 heterocycles. The Balaban J connectivity index is 3.67. The van der Waals surface area contributed by atoms with Crippen LogP contribution in [0.3, 0.4) is 0 Å². The van der Waals surface area contributed by atoms with Crippen molar-refractivity contribution in [2.24, 2.45) is 5.73 Å². The largest absolute Gasteiger partial charge is 0.345 e. The van der Waals surface area contributed by atoms with Gasteiger partial charge in [-0.2, -0.15) is 11.8 Å². The second-order valence-electron chi connectivity index (χ2n) is 1.97. The van der Waals surface area contributed by atoms with Gasteiger partial charge in [-0.05, 0) is 6.26 Å². The molecule has 0 aromatic heterocycles. The fourth-order valence-electron chi connectivity index (χ4n) is 0.560. The second kappa shape index (κ2) is 6.18. The van der Waals surface area contributed by atoms with E-state index in [9.17, 15) is 9.59 Å². The van der Waals surface area contributed by atoms with Gasteiger partial charge >= 0.3 is 0 Å². The molecule has 0 fully saturated rings. The molecular weight excluding hydrogens is 164 g/mol. The van der Waals surface area contributed by atoms with Gasteiger partial charge in [0.1, 0.15) is 6.29 Å². The van der Waals surface area contributed by atoms with E-state index in [1.54, 1.807) is 0 Å². The number of rotatable bonds is 5. The van der Waals surface area contributed by atoms with Gasteiger partial charge in [-0.1, -0.05) is 0 Å². The highest BCUT2D eigenvalue weighted by Gasteiger charge is 2.07. The lowest BCUT2D eigenvalue weighted by molar-refractivity contribution is -0.122. The van der Waals surface area contributed by atoms with Crippen LogP contribution in [0.4, 0.5) is 0 Å². The third-order valence-corrected chi connectivity index (χ3v) is 1.73. The first-order valence-electron chi connectivity index (χ1n) is 3.18. The minimum Gasteiger partial charge on any atom is -0.345 e. The lowest BCUT2D eigenvalue weighted by atomic mass is 10.4. The van der Waals surface area contributed by atoms with Gasteiger partial charge in [-0.15, -0.1) is 0 Å². The standard InChI is InChI=1S/C6H12N2O2S/c1-11-4-5(3-9)8-6(10)2-7/h3,5H,2,4,7H2,1H3,(H,8,10). The Morgan fingerprint density at radius 3 is 2.82 bits per heavy atom. The van der Waals surface area contributed by atoms with Gasteiger partial charge in [0.05, 0.1) is 12.6 Å². The Bertz CT molecular complexity index is 141. The van der Waals surface area contributed by atoms with Crippen molar-refractivity contribution in [1.29, 1.82) is 0 Å². The van der Waals surface area contributed by atoms with Crippen LogP contribution in [0.1, 0.15) is 0 Å². The Hall–Kier alpha value is -0.550. The Morgan fingerprint density at radius 1 is 1.82 bits per heavy atom. The monoisotopic (exact) mass is 176 g/mol. The highest BCUT2D eigenvalue weighted by Crippen LogP contribution is 1.93. The van der Waals surface area contributed by atoms with Crippen LogP contribution in [0.25, 0.3) is 0 Å². The predicted octanol–water partition coefficient (Wildman–Crippen LogP) is -1.01. The zero-order chi connectivity index (χ0) is 8.69. The molecule has 0 aromatic carbocycles. The SMILES string of the molecule is CSCC(C=O)NC(=O)CN. The Morgan fingerprint density at radius 2 is 2.45 bits per heavy atom. The minimum absolute atomic E-state index is 0.0707. The van der Waals surface area contributed by atoms with Crippen LogP contribution in [-0.2, 0) is 9.59 Å². The maximum Gasteiger partial charge on any atom is 0.234 e. The van der Waals surface area contributed by atoms with Crippen molar-refractivity contribution in [3.05, 3.63) is 0 Å². The zero-order valence-corrected chi connectivity index (χ0v) is 7.19. The first kappa shape index (κ1) is 10.4. The molecule has 1 atom stereocenters. The number of carbonyl (C=O) groups excluding carboxylic acids is 2. The van der Waals surface area contributed by atoms with Crippen molar-refractivity contribution in [1.82, 2.24) is 5.32 Å². The third kappa shape index (κ3) is 4.80. The van der Waals surface area contributed by atoms with Crippen molar-refractivity contribution in [3.8, 4) is 0 Å². The highest BCUT2D eigenvalue weighted by molar-refractivity contribution is 7.98. The molecule has 0 aliphatic heterocycles. The summed E-state index contributed by atoms with van der Waals surface area (Å²) in [5.74, 6) is 0.297. The van der Waals surface area contributed by atoms with E-state index in [-0.39, 0.29) is 12.5 Å². The van der Waals surface area contributed by atoms with Crippen LogP contribution in [0, 0.1) is 0 Å². The third-order valence-electron chi connectivity index (χ3n) is 1.04. The minimum atomic E-state index is -0.402. The molecule has 0 rings (SSSR count). The average molecular weight is 176 g/mol. The van der Waals surface area contributed by atoms with Crippen molar-refractivity contribution < 1.29 is 9.59 Å². The van der Waals surface area contributed by atoms with Gasteiger partial charge in [0.25, 0.3) is 0 Å². The number of aldehydes is 1. The summed E-state index contributed by atoms with van der Waals surface area (Å²) in [6.07, 6.45) is 2.58. The summed E-state index contributed by atoms with van der Waals surface area (Å²) in [7, 11) is 0. The summed E-state index contributed by atoms with van der Waals surface area (Å²) in [6, 6.07) is -0.402. The van der Waals surface area contributed by atoms with Crippen molar-refractivity contribution in [2.75, 3.05) is 18.6 Å². The molecule has 0 spiro atoms. The molecule has 11 heavy (non-hydrogen) atoms. The van der Waals surface area contributed by atoms with E-state index in [4.69, 9.17) is 5.73 Å².